The Morgan fingerprint density at radius 2 is 1.95 bits per heavy atom. The van der Waals surface area contributed by atoms with Crippen LogP contribution in [-0.2, 0) is 0 Å². The van der Waals surface area contributed by atoms with Gasteiger partial charge in [-0.1, -0.05) is 12.1 Å². The van der Waals surface area contributed by atoms with E-state index in [0.29, 0.717) is 11.1 Å². The summed E-state index contributed by atoms with van der Waals surface area (Å²) in [5.74, 6) is -0.424. The molecule has 0 radical (unpaired) electrons. The summed E-state index contributed by atoms with van der Waals surface area (Å²) in [7, 11) is 0. The Hall–Kier alpha value is -2.19. The number of aromatic nitrogens is 1. The van der Waals surface area contributed by atoms with E-state index in [-0.39, 0.29) is 15.7 Å². The minimum atomic E-state index is -0.424. The van der Waals surface area contributed by atoms with E-state index in [2.05, 4.69) is 20.9 Å². The molecule has 0 unspecified atom stereocenters. The number of nitrogens with two attached hydrogens (primary N) is 1. The van der Waals surface area contributed by atoms with Crippen molar-refractivity contribution in [2.75, 3.05) is 0 Å². The van der Waals surface area contributed by atoms with E-state index >= 15 is 0 Å². The predicted molar refractivity (Wildman–Crippen MR) is 75.0 cm³/mol. The van der Waals surface area contributed by atoms with Crippen LogP contribution < -0.4 is 5.73 Å². The second kappa shape index (κ2) is 5.63. The molecule has 0 bridgehead atoms. The van der Waals surface area contributed by atoms with Crippen molar-refractivity contribution in [3.05, 3.63) is 64.1 Å². The molecule has 0 aliphatic carbocycles. The summed E-state index contributed by atoms with van der Waals surface area (Å²) in [6.07, 6.45) is 3.14. The van der Waals surface area contributed by atoms with Gasteiger partial charge < -0.3 is 5.73 Å². The molecule has 0 aliphatic heterocycles. The van der Waals surface area contributed by atoms with Crippen LogP contribution in [0.5, 0.6) is 0 Å². The van der Waals surface area contributed by atoms with Gasteiger partial charge in [-0.2, -0.15) is 5.26 Å². The maximum Gasteiger partial charge on any atom is 0.138 e. The van der Waals surface area contributed by atoms with Gasteiger partial charge in [0.25, 0.3) is 0 Å². The zero-order valence-corrected chi connectivity index (χ0v) is 11.4. The van der Waals surface area contributed by atoms with E-state index in [0.717, 1.165) is 0 Å². The van der Waals surface area contributed by atoms with Crippen LogP contribution >= 0.6 is 15.9 Å². The maximum absolute atomic E-state index is 13.5. The summed E-state index contributed by atoms with van der Waals surface area (Å²) in [6.45, 7) is 0. The van der Waals surface area contributed by atoms with Crippen molar-refractivity contribution in [2.45, 2.75) is 0 Å². The van der Waals surface area contributed by atoms with Gasteiger partial charge in [0.2, 0.25) is 0 Å². The SMILES string of the molecule is N#C/C(=C(/N)c1cccc(F)c1Br)c1ccncc1. The van der Waals surface area contributed by atoms with Crippen molar-refractivity contribution in [1.82, 2.24) is 4.98 Å². The van der Waals surface area contributed by atoms with Crippen LogP contribution in [0, 0.1) is 17.1 Å². The van der Waals surface area contributed by atoms with Gasteiger partial charge in [0.1, 0.15) is 11.9 Å². The quantitative estimate of drug-likeness (QED) is 0.864. The average Bonchev–Trinajstić information content (AvgIpc) is 2.44. The first kappa shape index (κ1) is 13.2. The van der Waals surface area contributed by atoms with Crippen molar-refractivity contribution in [3.8, 4) is 6.07 Å². The zero-order valence-electron chi connectivity index (χ0n) is 9.77. The van der Waals surface area contributed by atoms with Gasteiger partial charge in [-0.05, 0) is 39.7 Å². The van der Waals surface area contributed by atoms with Crippen molar-refractivity contribution < 1.29 is 4.39 Å². The van der Waals surface area contributed by atoms with Crippen LogP contribution in [0.3, 0.4) is 0 Å². The van der Waals surface area contributed by atoms with Gasteiger partial charge in [0.05, 0.1) is 15.7 Å². The number of allylic oxidation sites excluding steroid dienone is 1. The van der Waals surface area contributed by atoms with Gasteiger partial charge in [-0.15, -0.1) is 0 Å². The van der Waals surface area contributed by atoms with Gasteiger partial charge in [0.15, 0.2) is 0 Å². The van der Waals surface area contributed by atoms with Gasteiger partial charge in [-0.25, -0.2) is 4.39 Å². The van der Waals surface area contributed by atoms with Crippen LogP contribution in [0.25, 0.3) is 11.3 Å². The second-order valence-electron chi connectivity index (χ2n) is 3.74. The van der Waals surface area contributed by atoms with Crippen molar-refractivity contribution >= 4 is 27.2 Å². The highest BCUT2D eigenvalue weighted by atomic mass is 79.9. The molecule has 0 saturated heterocycles. The molecule has 19 heavy (non-hydrogen) atoms. The van der Waals surface area contributed by atoms with E-state index in [4.69, 9.17) is 5.73 Å². The molecule has 0 amide bonds. The lowest BCUT2D eigenvalue weighted by molar-refractivity contribution is 0.620. The highest BCUT2D eigenvalue weighted by Crippen LogP contribution is 2.29. The fraction of sp³-hybridized carbons (Fsp3) is 0. The molecule has 1 heterocycles. The number of pyridine rings is 1. The third-order valence-electron chi connectivity index (χ3n) is 2.59. The number of hydrogen-bond acceptors (Lipinski definition) is 3. The number of nitrogens with zero attached hydrogens (tertiary/aromatic N) is 2. The lowest BCUT2D eigenvalue weighted by atomic mass is 10.0. The van der Waals surface area contributed by atoms with E-state index < -0.39 is 5.82 Å². The molecule has 0 atom stereocenters. The fourth-order valence-corrected chi connectivity index (χ4v) is 2.12. The van der Waals surface area contributed by atoms with E-state index in [1.54, 1.807) is 36.7 Å². The average molecular weight is 318 g/mol. The Kier molecular flexibility index (Phi) is 3.93. The van der Waals surface area contributed by atoms with Crippen molar-refractivity contribution in [1.29, 1.82) is 5.26 Å². The summed E-state index contributed by atoms with van der Waals surface area (Å²) in [5, 5.41) is 9.25. The lowest BCUT2D eigenvalue weighted by Crippen LogP contribution is -2.02. The van der Waals surface area contributed by atoms with E-state index in [9.17, 15) is 9.65 Å². The standard InChI is InChI=1S/C14H9BrFN3/c15-13-10(2-1-3-12(13)16)14(18)11(8-17)9-4-6-19-7-5-9/h1-7H,18H2/b14-11-. The number of rotatable bonds is 2. The molecule has 2 rings (SSSR count). The Morgan fingerprint density at radius 3 is 2.58 bits per heavy atom. The van der Waals surface area contributed by atoms with E-state index in [1.807, 2.05) is 6.07 Å². The Morgan fingerprint density at radius 1 is 1.26 bits per heavy atom. The van der Waals surface area contributed by atoms with Gasteiger partial charge in [0, 0.05) is 18.0 Å². The van der Waals surface area contributed by atoms with Crippen LogP contribution in [0.4, 0.5) is 4.39 Å². The normalized spacial score (nSPS) is 11.6. The number of halogens is 2. The third kappa shape index (κ3) is 2.64. The summed E-state index contributed by atoms with van der Waals surface area (Å²) in [5.41, 5.74) is 7.60. The Labute approximate surface area is 118 Å². The molecule has 3 nitrogen and oxygen atoms in total. The molecule has 0 fully saturated rings. The first-order valence-corrected chi connectivity index (χ1v) is 6.19. The Balaban J connectivity index is 2.63. The van der Waals surface area contributed by atoms with Crippen LogP contribution in [0.15, 0.2) is 47.2 Å². The molecule has 0 saturated carbocycles. The number of benzene rings is 1. The number of nitriles is 1. The fourth-order valence-electron chi connectivity index (χ4n) is 1.65. The van der Waals surface area contributed by atoms with Crippen molar-refractivity contribution in [2.24, 2.45) is 5.73 Å². The summed E-state index contributed by atoms with van der Waals surface area (Å²) in [6, 6.07) is 9.92. The van der Waals surface area contributed by atoms with Gasteiger partial charge in [-0.3, -0.25) is 4.98 Å². The molecule has 2 N–H and O–H groups in total. The predicted octanol–water partition coefficient (Wildman–Crippen LogP) is 3.33. The lowest BCUT2D eigenvalue weighted by Gasteiger charge is -2.08. The smallest absolute Gasteiger partial charge is 0.138 e. The monoisotopic (exact) mass is 317 g/mol. The van der Waals surface area contributed by atoms with E-state index in [1.165, 1.54) is 6.07 Å². The third-order valence-corrected chi connectivity index (χ3v) is 3.40. The highest BCUT2D eigenvalue weighted by Gasteiger charge is 2.13. The van der Waals surface area contributed by atoms with Crippen LogP contribution in [0.1, 0.15) is 11.1 Å². The maximum atomic E-state index is 13.5. The molecular formula is C14H9BrFN3. The summed E-state index contributed by atoms with van der Waals surface area (Å²) < 4.78 is 13.7. The molecular weight excluding hydrogens is 309 g/mol. The zero-order chi connectivity index (χ0) is 13.8. The highest BCUT2D eigenvalue weighted by molar-refractivity contribution is 9.10. The molecule has 0 aliphatic rings. The Bertz CT molecular complexity index is 675. The molecule has 1 aromatic carbocycles. The molecule has 94 valence electrons. The van der Waals surface area contributed by atoms with Crippen LogP contribution in [0.2, 0.25) is 0 Å². The summed E-state index contributed by atoms with van der Waals surface area (Å²) in [4.78, 5) is 3.88. The molecule has 5 heteroatoms. The molecule has 2 aromatic rings. The number of hydrogen-bond donors (Lipinski definition) is 1. The van der Waals surface area contributed by atoms with Crippen molar-refractivity contribution in [3.63, 3.8) is 0 Å². The minimum absolute atomic E-state index is 0.222. The second-order valence-corrected chi connectivity index (χ2v) is 4.53. The van der Waals surface area contributed by atoms with Crippen LogP contribution in [-0.4, -0.2) is 4.98 Å². The minimum Gasteiger partial charge on any atom is -0.397 e. The molecule has 0 spiro atoms. The largest absolute Gasteiger partial charge is 0.397 e. The van der Waals surface area contributed by atoms with Gasteiger partial charge >= 0.3 is 0 Å². The molecule has 1 aromatic heterocycles. The first-order chi connectivity index (χ1) is 9.15. The topological polar surface area (TPSA) is 62.7 Å². The first-order valence-electron chi connectivity index (χ1n) is 5.39. The summed E-state index contributed by atoms with van der Waals surface area (Å²) >= 11 is 3.14.